The number of hydrogen-bond acceptors (Lipinski definition) is 3. The molecule has 0 radical (unpaired) electrons. The number of hydrazine groups is 1. The number of piperidine rings is 1. The highest BCUT2D eigenvalue weighted by Gasteiger charge is 2.32. The summed E-state index contributed by atoms with van der Waals surface area (Å²) in [5.41, 5.74) is 4.21. The third-order valence-electron chi connectivity index (χ3n) is 4.87. The van der Waals surface area contributed by atoms with Crippen LogP contribution >= 0.6 is 0 Å². The minimum atomic E-state index is -4.44. The predicted molar refractivity (Wildman–Crippen MR) is 89.1 cm³/mol. The summed E-state index contributed by atoms with van der Waals surface area (Å²) < 4.78 is 37.8. The Hall–Kier alpha value is -2.58. The van der Waals surface area contributed by atoms with E-state index in [2.05, 4.69) is 10.9 Å². The van der Waals surface area contributed by atoms with E-state index in [-0.39, 0.29) is 35.1 Å². The Morgan fingerprint density at radius 3 is 1.78 bits per heavy atom. The van der Waals surface area contributed by atoms with E-state index in [4.69, 9.17) is 0 Å². The molecule has 9 heteroatoms. The van der Waals surface area contributed by atoms with Crippen LogP contribution in [0, 0.1) is 11.8 Å². The van der Waals surface area contributed by atoms with Crippen LogP contribution in [0.5, 0.6) is 0 Å². The summed E-state index contributed by atoms with van der Waals surface area (Å²) in [7, 11) is 0. The molecule has 0 unspecified atom stereocenters. The zero-order valence-corrected chi connectivity index (χ0v) is 14.5. The van der Waals surface area contributed by atoms with Crippen LogP contribution < -0.4 is 10.9 Å². The van der Waals surface area contributed by atoms with Gasteiger partial charge in [-0.25, -0.2) is 0 Å². The van der Waals surface area contributed by atoms with Crippen LogP contribution in [0.25, 0.3) is 0 Å². The number of amides is 3. The smallest absolute Gasteiger partial charge is 0.339 e. The highest BCUT2D eigenvalue weighted by Crippen LogP contribution is 2.30. The standard InChI is InChI=1S/C18H20F3N3O3/c19-18(20,21)14-5-3-13(4-6-14)17(27)24-9-7-12(8-10-24)16(26)23-22-15(25)11-1-2-11/h3-6,11-12H,1-2,7-10H2,(H,22,25)(H,23,26). The Balaban J connectivity index is 1.48. The second kappa shape index (κ2) is 7.58. The lowest BCUT2D eigenvalue weighted by molar-refractivity contribution is -0.137. The number of hydrogen-bond donors (Lipinski definition) is 2. The fourth-order valence-electron chi connectivity index (χ4n) is 3.00. The molecule has 27 heavy (non-hydrogen) atoms. The number of carbonyl (C=O) groups is 3. The maximum atomic E-state index is 12.6. The third-order valence-corrected chi connectivity index (χ3v) is 4.87. The van der Waals surface area contributed by atoms with Gasteiger partial charge in [-0.05, 0) is 49.9 Å². The van der Waals surface area contributed by atoms with Crippen molar-refractivity contribution in [2.45, 2.75) is 31.9 Å². The van der Waals surface area contributed by atoms with Crippen molar-refractivity contribution in [3.05, 3.63) is 35.4 Å². The molecular weight excluding hydrogens is 363 g/mol. The van der Waals surface area contributed by atoms with Crippen molar-refractivity contribution in [2.24, 2.45) is 11.8 Å². The predicted octanol–water partition coefficient (Wildman–Crippen LogP) is 2.12. The third kappa shape index (κ3) is 4.78. The first-order chi connectivity index (χ1) is 12.8. The van der Waals surface area contributed by atoms with E-state index in [0.29, 0.717) is 25.9 Å². The van der Waals surface area contributed by atoms with Crippen LogP contribution in [-0.2, 0) is 15.8 Å². The van der Waals surface area contributed by atoms with E-state index in [1.807, 2.05) is 0 Å². The maximum absolute atomic E-state index is 12.6. The van der Waals surface area contributed by atoms with E-state index >= 15 is 0 Å². The number of nitrogens with zero attached hydrogens (tertiary/aromatic N) is 1. The molecule has 1 aromatic rings. The number of nitrogens with one attached hydrogen (secondary N) is 2. The van der Waals surface area contributed by atoms with Crippen molar-refractivity contribution in [3.8, 4) is 0 Å². The lowest BCUT2D eigenvalue weighted by atomic mass is 9.95. The van der Waals surface area contributed by atoms with Crippen molar-refractivity contribution in [1.82, 2.24) is 15.8 Å². The number of benzene rings is 1. The molecule has 1 heterocycles. The average Bonchev–Trinajstić information content (AvgIpc) is 3.50. The Bertz CT molecular complexity index is 722. The molecule has 0 aromatic heterocycles. The van der Waals surface area contributed by atoms with E-state index in [0.717, 1.165) is 37.1 Å². The van der Waals surface area contributed by atoms with Gasteiger partial charge in [0.1, 0.15) is 0 Å². The van der Waals surface area contributed by atoms with E-state index in [1.54, 1.807) is 0 Å². The SMILES string of the molecule is O=C(NNC(=O)C1CCN(C(=O)c2ccc(C(F)(F)F)cc2)CC1)C1CC1. The summed E-state index contributed by atoms with van der Waals surface area (Å²) in [6.07, 6.45) is -1.91. The fraction of sp³-hybridized carbons (Fsp3) is 0.500. The topological polar surface area (TPSA) is 78.5 Å². The lowest BCUT2D eigenvalue weighted by Gasteiger charge is -2.31. The summed E-state index contributed by atoms with van der Waals surface area (Å²) in [6, 6.07) is 4.10. The van der Waals surface area contributed by atoms with Gasteiger partial charge in [0.2, 0.25) is 11.8 Å². The van der Waals surface area contributed by atoms with E-state index in [9.17, 15) is 27.6 Å². The van der Waals surface area contributed by atoms with Crippen molar-refractivity contribution >= 4 is 17.7 Å². The molecule has 2 N–H and O–H groups in total. The van der Waals surface area contributed by atoms with Gasteiger partial charge in [0, 0.05) is 30.5 Å². The monoisotopic (exact) mass is 383 g/mol. The molecule has 146 valence electrons. The zero-order valence-electron chi connectivity index (χ0n) is 14.5. The molecule has 1 aliphatic heterocycles. The van der Waals surface area contributed by atoms with Crippen LogP contribution in [0.4, 0.5) is 13.2 Å². The summed E-state index contributed by atoms with van der Waals surface area (Å²) in [4.78, 5) is 37.6. The molecule has 0 atom stereocenters. The zero-order chi connectivity index (χ0) is 19.6. The number of halogens is 3. The quantitative estimate of drug-likeness (QED) is 0.785. The molecule has 3 rings (SSSR count). The maximum Gasteiger partial charge on any atom is 0.416 e. The van der Waals surface area contributed by atoms with Crippen LogP contribution in [0.2, 0.25) is 0 Å². The molecule has 1 aliphatic carbocycles. The van der Waals surface area contributed by atoms with Gasteiger partial charge in [-0.1, -0.05) is 0 Å². The molecule has 0 bridgehead atoms. The summed E-state index contributed by atoms with van der Waals surface area (Å²) >= 11 is 0. The largest absolute Gasteiger partial charge is 0.416 e. The van der Waals surface area contributed by atoms with Crippen LogP contribution in [-0.4, -0.2) is 35.7 Å². The van der Waals surface area contributed by atoms with Crippen molar-refractivity contribution in [2.75, 3.05) is 13.1 Å². The lowest BCUT2D eigenvalue weighted by Crippen LogP contribution is -2.48. The fourth-order valence-corrected chi connectivity index (χ4v) is 3.00. The van der Waals surface area contributed by atoms with Gasteiger partial charge >= 0.3 is 6.18 Å². The van der Waals surface area contributed by atoms with Crippen LogP contribution in [0.1, 0.15) is 41.6 Å². The molecule has 1 saturated carbocycles. The van der Waals surface area contributed by atoms with Crippen LogP contribution in [0.3, 0.4) is 0 Å². The Morgan fingerprint density at radius 2 is 1.33 bits per heavy atom. The van der Waals surface area contributed by atoms with Crippen molar-refractivity contribution in [1.29, 1.82) is 0 Å². The van der Waals surface area contributed by atoms with Gasteiger partial charge in [-0.2, -0.15) is 13.2 Å². The Labute approximate surface area is 154 Å². The van der Waals surface area contributed by atoms with Gasteiger partial charge < -0.3 is 4.90 Å². The highest BCUT2D eigenvalue weighted by atomic mass is 19.4. The van der Waals surface area contributed by atoms with Gasteiger partial charge in [-0.15, -0.1) is 0 Å². The molecule has 2 fully saturated rings. The number of likely N-dealkylation sites (tertiary alicyclic amines) is 1. The van der Waals surface area contributed by atoms with Crippen LogP contribution in [0.15, 0.2) is 24.3 Å². The summed E-state index contributed by atoms with van der Waals surface area (Å²) in [5, 5.41) is 0. The number of carbonyl (C=O) groups excluding carboxylic acids is 3. The normalized spacial score (nSPS) is 18.1. The number of rotatable bonds is 3. The Kier molecular flexibility index (Phi) is 5.38. The second-order valence-corrected chi connectivity index (χ2v) is 6.89. The molecule has 3 amide bonds. The first-order valence-electron chi connectivity index (χ1n) is 8.82. The van der Waals surface area contributed by atoms with Crippen molar-refractivity contribution < 1.29 is 27.6 Å². The summed E-state index contributed by atoms with van der Waals surface area (Å²) in [5.74, 6) is -1.15. The first-order valence-corrected chi connectivity index (χ1v) is 8.82. The van der Waals surface area contributed by atoms with Gasteiger partial charge in [0.15, 0.2) is 0 Å². The number of alkyl halides is 3. The van der Waals surface area contributed by atoms with E-state index < -0.39 is 11.7 Å². The summed E-state index contributed by atoms with van der Waals surface area (Å²) in [6.45, 7) is 0.656. The van der Waals surface area contributed by atoms with Gasteiger partial charge in [0.05, 0.1) is 5.56 Å². The minimum Gasteiger partial charge on any atom is -0.339 e. The highest BCUT2D eigenvalue weighted by molar-refractivity contribution is 5.94. The molecular formula is C18H20F3N3O3. The Morgan fingerprint density at radius 1 is 0.852 bits per heavy atom. The molecule has 0 spiro atoms. The first kappa shape index (κ1) is 19.2. The molecule has 1 saturated heterocycles. The second-order valence-electron chi connectivity index (χ2n) is 6.89. The molecule has 1 aromatic carbocycles. The molecule has 6 nitrogen and oxygen atoms in total. The van der Waals surface area contributed by atoms with Gasteiger partial charge in [0.25, 0.3) is 5.91 Å². The molecule has 2 aliphatic rings. The van der Waals surface area contributed by atoms with E-state index in [1.165, 1.54) is 4.90 Å². The average molecular weight is 383 g/mol. The minimum absolute atomic E-state index is 0.00602. The van der Waals surface area contributed by atoms with Gasteiger partial charge in [-0.3, -0.25) is 25.2 Å². The van der Waals surface area contributed by atoms with Crippen molar-refractivity contribution in [3.63, 3.8) is 0 Å².